The van der Waals surface area contributed by atoms with Crippen LogP contribution in [0.1, 0.15) is 77.5 Å². The van der Waals surface area contributed by atoms with E-state index in [9.17, 15) is 4.79 Å². The maximum Gasteiger partial charge on any atom is 0.252 e. The van der Waals surface area contributed by atoms with Crippen molar-refractivity contribution in [3.63, 3.8) is 0 Å². The molecule has 4 fully saturated rings. The molecule has 148 valence electrons. The van der Waals surface area contributed by atoms with Crippen LogP contribution in [0.5, 0.6) is 0 Å². The van der Waals surface area contributed by atoms with Crippen LogP contribution in [-0.4, -0.2) is 22.0 Å². The lowest BCUT2D eigenvalue weighted by molar-refractivity contribution is -0.146. The number of rotatable bonds is 3. The molecule has 0 bridgehead atoms. The number of carbonyl (C=O) groups is 1. The standard InChI is InChI=1S/C22H32N2O3/c1-21-9-7-15(26-12-20-23-13-24-27-20)11-14(21)3-4-16-17-5-6-19(25)22(17,2)10-8-18(16)21/h13-18H,3-12H2,1-2H3. The Balaban J connectivity index is 1.28. The van der Waals surface area contributed by atoms with Gasteiger partial charge >= 0.3 is 0 Å². The average Bonchev–Trinajstić information content (AvgIpc) is 3.28. The molecule has 1 heterocycles. The van der Waals surface area contributed by atoms with Crippen LogP contribution in [0.25, 0.3) is 0 Å². The Hall–Kier alpha value is -1.23. The Labute approximate surface area is 161 Å². The molecule has 0 spiro atoms. The Morgan fingerprint density at radius 2 is 2.04 bits per heavy atom. The first kappa shape index (κ1) is 17.8. The molecule has 0 aliphatic heterocycles. The summed E-state index contributed by atoms with van der Waals surface area (Å²) in [4.78, 5) is 16.6. The molecule has 5 nitrogen and oxygen atoms in total. The van der Waals surface area contributed by atoms with E-state index in [-0.39, 0.29) is 5.41 Å². The summed E-state index contributed by atoms with van der Waals surface area (Å²) in [6, 6.07) is 0. The number of fused-ring (bicyclic) bond motifs is 5. The predicted octanol–water partition coefficient (Wildman–Crippen LogP) is 4.57. The molecule has 0 aromatic carbocycles. The second-order valence-corrected chi connectivity index (χ2v) is 10.1. The van der Waals surface area contributed by atoms with Gasteiger partial charge in [0.15, 0.2) is 6.33 Å². The minimum absolute atomic E-state index is 0.00521. The third kappa shape index (κ3) is 2.72. The number of aromatic nitrogens is 2. The van der Waals surface area contributed by atoms with E-state index in [1.54, 1.807) is 0 Å². The van der Waals surface area contributed by atoms with Crippen molar-refractivity contribution >= 4 is 5.78 Å². The normalized spacial score (nSPS) is 46.6. The molecule has 0 amide bonds. The van der Waals surface area contributed by atoms with E-state index in [2.05, 4.69) is 24.0 Å². The van der Waals surface area contributed by atoms with E-state index >= 15 is 0 Å². The molecule has 1 aromatic heterocycles. The Kier molecular flexibility index (Phi) is 4.23. The molecule has 7 atom stereocenters. The van der Waals surface area contributed by atoms with Crippen molar-refractivity contribution in [3.05, 3.63) is 12.2 Å². The smallest absolute Gasteiger partial charge is 0.252 e. The fourth-order valence-corrected chi connectivity index (χ4v) is 7.59. The first-order valence-corrected chi connectivity index (χ1v) is 10.9. The zero-order valence-corrected chi connectivity index (χ0v) is 16.7. The number of carbonyl (C=O) groups excluding carboxylic acids is 1. The summed E-state index contributed by atoms with van der Waals surface area (Å²) in [5.74, 6) is 4.10. The van der Waals surface area contributed by atoms with Crippen molar-refractivity contribution in [2.45, 2.75) is 84.3 Å². The minimum atomic E-state index is -0.00521. The van der Waals surface area contributed by atoms with Gasteiger partial charge in [0.2, 0.25) is 0 Å². The van der Waals surface area contributed by atoms with Crippen LogP contribution in [-0.2, 0) is 16.1 Å². The second kappa shape index (κ2) is 6.40. The van der Waals surface area contributed by atoms with Crippen LogP contribution in [0.2, 0.25) is 0 Å². The highest BCUT2D eigenvalue weighted by atomic mass is 16.5. The Morgan fingerprint density at radius 1 is 1.15 bits per heavy atom. The fourth-order valence-electron chi connectivity index (χ4n) is 7.59. The molecule has 5 heteroatoms. The van der Waals surface area contributed by atoms with Gasteiger partial charge in [-0.05, 0) is 80.5 Å². The van der Waals surface area contributed by atoms with Crippen molar-refractivity contribution in [2.24, 2.45) is 34.5 Å². The van der Waals surface area contributed by atoms with Gasteiger partial charge in [-0.2, -0.15) is 4.98 Å². The molecule has 1 aromatic rings. The maximum absolute atomic E-state index is 12.5. The SMILES string of the molecule is CC12CCC3C(CCC4CC(OCc5ncno5)CCC43C)C1CCC2=O. The van der Waals surface area contributed by atoms with Gasteiger partial charge in [0.1, 0.15) is 12.4 Å². The first-order valence-electron chi connectivity index (χ1n) is 10.9. The number of nitrogens with zero attached hydrogens (tertiary/aromatic N) is 2. The average molecular weight is 373 g/mol. The summed E-state index contributed by atoms with van der Waals surface area (Å²) in [5.41, 5.74) is 0.426. The van der Waals surface area contributed by atoms with Crippen LogP contribution >= 0.6 is 0 Å². The summed E-state index contributed by atoms with van der Waals surface area (Å²) in [5, 5.41) is 3.65. The number of hydrogen-bond acceptors (Lipinski definition) is 5. The molecule has 4 aliphatic rings. The van der Waals surface area contributed by atoms with Crippen molar-refractivity contribution < 1.29 is 14.1 Å². The summed E-state index contributed by atoms with van der Waals surface area (Å²) in [7, 11) is 0. The lowest BCUT2D eigenvalue weighted by Crippen LogP contribution is -2.54. The van der Waals surface area contributed by atoms with E-state index in [4.69, 9.17) is 9.26 Å². The van der Waals surface area contributed by atoms with Crippen molar-refractivity contribution in [2.75, 3.05) is 0 Å². The summed E-state index contributed by atoms with van der Waals surface area (Å²) in [6.07, 6.45) is 12.3. The molecular formula is C22H32N2O3. The highest BCUT2D eigenvalue weighted by Gasteiger charge is 2.60. The first-order chi connectivity index (χ1) is 13.0. The number of Topliss-reactive ketones (excluding diaryl/α,β-unsaturated/α-hetero) is 1. The molecule has 27 heavy (non-hydrogen) atoms. The minimum Gasteiger partial charge on any atom is -0.368 e. The highest BCUT2D eigenvalue weighted by molar-refractivity contribution is 5.87. The van der Waals surface area contributed by atoms with Gasteiger partial charge in [-0.1, -0.05) is 19.0 Å². The number of ether oxygens (including phenoxy) is 1. The molecule has 4 aliphatic carbocycles. The molecule has 5 rings (SSSR count). The second-order valence-electron chi connectivity index (χ2n) is 10.1. The van der Waals surface area contributed by atoms with E-state index in [1.807, 2.05) is 0 Å². The van der Waals surface area contributed by atoms with Gasteiger partial charge in [0.25, 0.3) is 5.89 Å². The topological polar surface area (TPSA) is 65.2 Å². The lowest BCUT2D eigenvalue weighted by atomic mass is 9.45. The predicted molar refractivity (Wildman–Crippen MR) is 99.6 cm³/mol. The van der Waals surface area contributed by atoms with Crippen LogP contribution in [0.4, 0.5) is 0 Å². The van der Waals surface area contributed by atoms with Gasteiger partial charge in [-0.3, -0.25) is 4.79 Å². The molecule has 4 saturated carbocycles. The van der Waals surface area contributed by atoms with Crippen molar-refractivity contribution in [3.8, 4) is 0 Å². The van der Waals surface area contributed by atoms with E-state index in [0.717, 1.165) is 49.9 Å². The van der Waals surface area contributed by atoms with Gasteiger partial charge < -0.3 is 9.26 Å². The van der Waals surface area contributed by atoms with Crippen LogP contribution in [0, 0.1) is 34.5 Å². The number of ketones is 1. The molecule has 0 saturated heterocycles. The molecule has 7 unspecified atom stereocenters. The summed E-state index contributed by atoms with van der Waals surface area (Å²) >= 11 is 0. The zero-order chi connectivity index (χ0) is 18.6. The van der Waals surface area contributed by atoms with Crippen LogP contribution in [0.15, 0.2) is 10.9 Å². The van der Waals surface area contributed by atoms with E-state index in [0.29, 0.717) is 35.7 Å². The summed E-state index contributed by atoms with van der Waals surface area (Å²) in [6.45, 7) is 5.27. The van der Waals surface area contributed by atoms with E-state index in [1.165, 1.54) is 32.0 Å². The van der Waals surface area contributed by atoms with Crippen LogP contribution < -0.4 is 0 Å². The lowest BCUT2D eigenvalue weighted by Gasteiger charge is -2.60. The van der Waals surface area contributed by atoms with Crippen molar-refractivity contribution in [1.82, 2.24) is 10.1 Å². The third-order valence-corrected chi connectivity index (χ3v) is 9.18. The highest BCUT2D eigenvalue weighted by Crippen LogP contribution is 2.65. The zero-order valence-electron chi connectivity index (χ0n) is 16.7. The van der Waals surface area contributed by atoms with Crippen LogP contribution in [0.3, 0.4) is 0 Å². The van der Waals surface area contributed by atoms with Crippen molar-refractivity contribution in [1.29, 1.82) is 0 Å². The quantitative estimate of drug-likeness (QED) is 0.778. The van der Waals surface area contributed by atoms with Gasteiger partial charge in [-0.15, -0.1) is 0 Å². The van der Waals surface area contributed by atoms with Gasteiger partial charge in [-0.25, -0.2) is 0 Å². The van der Waals surface area contributed by atoms with E-state index < -0.39 is 0 Å². The Bertz CT molecular complexity index is 704. The largest absolute Gasteiger partial charge is 0.368 e. The third-order valence-electron chi connectivity index (χ3n) is 9.18. The number of hydrogen-bond donors (Lipinski definition) is 0. The van der Waals surface area contributed by atoms with Gasteiger partial charge in [0, 0.05) is 11.8 Å². The molecular weight excluding hydrogens is 340 g/mol. The molecule has 0 radical (unpaired) electrons. The maximum atomic E-state index is 12.5. The molecule has 0 N–H and O–H groups in total. The van der Waals surface area contributed by atoms with Gasteiger partial charge in [0.05, 0.1) is 6.10 Å². The monoisotopic (exact) mass is 372 g/mol. The Morgan fingerprint density at radius 3 is 2.85 bits per heavy atom. The summed E-state index contributed by atoms with van der Waals surface area (Å²) < 4.78 is 11.2. The fraction of sp³-hybridized carbons (Fsp3) is 0.864.